The Morgan fingerprint density at radius 1 is 1.28 bits per heavy atom. The molecule has 0 fully saturated rings. The van der Waals surface area contributed by atoms with Crippen molar-refractivity contribution in [2.75, 3.05) is 17.2 Å². The van der Waals surface area contributed by atoms with E-state index in [4.69, 9.17) is 0 Å². The minimum Gasteiger partial charge on any atom is -0.384 e. The fourth-order valence-electron chi connectivity index (χ4n) is 2.18. The number of nitrogens with one attached hydrogen (secondary N) is 2. The summed E-state index contributed by atoms with van der Waals surface area (Å²) in [5, 5.41) is 6.12. The molecule has 18 heavy (non-hydrogen) atoms. The molecule has 0 radical (unpaired) electrons. The molecule has 4 heteroatoms. The molecule has 0 spiro atoms. The maximum atomic E-state index is 12.2. The van der Waals surface area contributed by atoms with Crippen molar-refractivity contribution in [1.29, 1.82) is 0 Å². The van der Waals surface area contributed by atoms with Gasteiger partial charge >= 0.3 is 0 Å². The molecule has 1 amide bonds. The second kappa shape index (κ2) is 4.49. The number of benzene rings is 1. The molecule has 1 unspecified atom stereocenters. The summed E-state index contributed by atoms with van der Waals surface area (Å²) in [4.78, 5) is 16.2. The van der Waals surface area contributed by atoms with Gasteiger partial charge in [-0.05, 0) is 23.8 Å². The van der Waals surface area contributed by atoms with Crippen LogP contribution in [0.15, 0.2) is 48.8 Å². The standard InChI is InChI=1S/C14H13N3O/c18-14(17-10-4-3-7-15-8-10)12-9-16-13-6-2-1-5-11(12)13/h1-8,12,16H,9H2,(H,17,18). The lowest BCUT2D eigenvalue weighted by Crippen LogP contribution is -2.22. The summed E-state index contributed by atoms with van der Waals surface area (Å²) in [6.45, 7) is 0.644. The minimum absolute atomic E-state index is 0.000417. The molecule has 0 bridgehead atoms. The first-order chi connectivity index (χ1) is 8.84. The number of aromatic nitrogens is 1. The summed E-state index contributed by atoms with van der Waals surface area (Å²) in [5.74, 6) is -0.137. The van der Waals surface area contributed by atoms with E-state index >= 15 is 0 Å². The van der Waals surface area contributed by atoms with E-state index in [1.54, 1.807) is 18.5 Å². The van der Waals surface area contributed by atoms with Gasteiger partial charge in [0.1, 0.15) is 0 Å². The largest absolute Gasteiger partial charge is 0.384 e. The van der Waals surface area contributed by atoms with Crippen LogP contribution in [0.1, 0.15) is 11.5 Å². The van der Waals surface area contributed by atoms with E-state index < -0.39 is 0 Å². The summed E-state index contributed by atoms with van der Waals surface area (Å²) < 4.78 is 0. The first-order valence-corrected chi connectivity index (χ1v) is 5.88. The van der Waals surface area contributed by atoms with Crippen molar-refractivity contribution in [2.45, 2.75) is 5.92 Å². The molecule has 90 valence electrons. The van der Waals surface area contributed by atoms with Gasteiger partial charge in [-0.2, -0.15) is 0 Å². The van der Waals surface area contributed by atoms with Crippen molar-refractivity contribution < 1.29 is 4.79 Å². The van der Waals surface area contributed by atoms with Crippen LogP contribution in [0.4, 0.5) is 11.4 Å². The Labute approximate surface area is 105 Å². The fraction of sp³-hybridized carbons (Fsp3) is 0.143. The Hall–Kier alpha value is -2.36. The maximum Gasteiger partial charge on any atom is 0.233 e. The van der Waals surface area contributed by atoms with Crippen LogP contribution in [0, 0.1) is 0 Å². The van der Waals surface area contributed by atoms with E-state index in [0.29, 0.717) is 6.54 Å². The van der Waals surface area contributed by atoms with Gasteiger partial charge in [-0.25, -0.2) is 0 Å². The van der Waals surface area contributed by atoms with Crippen molar-refractivity contribution >= 4 is 17.3 Å². The molecule has 1 aromatic heterocycles. The molecule has 0 saturated heterocycles. The summed E-state index contributed by atoms with van der Waals surface area (Å²) >= 11 is 0. The van der Waals surface area contributed by atoms with E-state index in [2.05, 4.69) is 15.6 Å². The lowest BCUT2D eigenvalue weighted by atomic mass is 10.0. The first-order valence-electron chi connectivity index (χ1n) is 5.88. The van der Waals surface area contributed by atoms with Crippen molar-refractivity contribution in [3.05, 3.63) is 54.4 Å². The number of nitrogens with zero attached hydrogens (tertiary/aromatic N) is 1. The molecule has 1 aliphatic heterocycles. The minimum atomic E-state index is -0.138. The van der Waals surface area contributed by atoms with E-state index in [-0.39, 0.29) is 11.8 Å². The number of anilines is 2. The van der Waals surface area contributed by atoms with E-state index in [0.717, 1.165) is 16.9 Å². The average Bonchev–Trinajstić information content (AvgIpc) is 2.84. The zero-order chi connectivity index (χ0) is 12.4. The van der Waals surface area contributed by atoms with Gasteiger partial charge in [0, 0.05) is 18.4 Å². The quantitative estimate of drug-likeness (QED) is 0.845. The molecule has 2 heterocycles. The predicted molar refractivity (Wildman–Crippen MR) is 70.5 cm³/mol. The van der Waals surface area contributed by atoms with Gasteiger partial charge in [-0.1, -0.05) is 18.2 Å². The van der Waals surface area contributed by atoms with Gasteiger partial charge in [0.25, 0.3) is 0 Å². The SMILES string of the molecule is O=C(Nc1cccnc1)C1CNc2ccccc21. The summed E-state index contributed by atoms with van der Waals surface area (Å²) in [6, 6.07) is 11.5. The van der Waals surface area contributed by atoms with Gasteiger partial charge < -0.3 is 10.6 Å². The van der Waals surface area contributed by atoms with E-state index in [1.807, 2.05) is 30.3 Å². The Kier molecular flexibility index (Phi) is 2.68. The molecule has 4 nitrogen and oxygen atoms in total. The molecule has 1 atom stereocenters. The number of amides is 1. The Balaban J connectivity index is 1.79. The van der Waals surface area contributed by atoms with E-state index in [1.165, 1.54) is 0 Å². The highest BCUT2D eigenvalue weighted by Gasteiger charge is 2.27. The Bertz CT molecular complexity index is 568. The van der Waals surface area contributed by atoms with Crippen molar-refractivity contribution in [1.82, 2.24) is 4.98 Å². The highest BCUT2D eigenvalue weighted by molar-refractivity contribution is 5.98. The highest BCUT2D eigenvalue weighted by Crippen LogP contribution is 2.31. The van der Waals surface area contributed by atoms with Crippen molar-refractivity contribution in [3.63, 3.8) is 0 Å². The third kappa shape index (κ3) is 1.93. The third-order valence-corrected chi connectivity index (χ3v) is 3.08. The second-order valence-corrected chi connectivity index (χ2v) is 4.25. The lowest BCUT2D eigenvalue weighted by molar-refractivity contribution is -0.117. The number of fused-ring (bicyclic) bond motifs is 1. The third-order valence-electron chi connectivity index (χ3n) is 3.08. The number of carbonyl (C=O) groups excluding carboxylic acids is 1. The van der Waals surface area contributed by atoms with Gasteiger partial charge in [0.05, 0.1) is 17.8 Å². The Morgan fingerprint density at radius 3 is 3.00 bits per heavy atom. The van der Waals surface area contributed by atoms with Crippen molar-refractivity contribution in [2.24, 2.45) is 0 Å². The molecule has 3 rings (SSSR count). The number of para-hydroxylation sites is 1. The summed E-state index contributed by atoms with van der Waals surface area (Å²) in [6.07, 6.45) is 3.33. The average molecular weight is 239 g/mol. The zero-order valence-electron chi connectivity index (χ0n) is 9.76. The molecule has 0 saturated carbocycles. The van der Waals surface area contributed by atoms with Gasteiger partial charge in [0.15, 0.2) is 0 Å². The number of pyridine rings is 1. The monoisotopic (exact) mass is 239 g/mol. The van der Waals surface area contributed by atoms with E-state index in [9.17, 15) is 4.79 Å². The predicted octanol–water partition coefficient (Wildman–Crippen LogP) is 2.23. The van der Waals surface area contributed by atoms with Crippen molar-refractivity contribution in [3.8, 4) is 0 Å². The number of hydrogen-bond donors (Lipinski definition) is 2. The van der Waals surface area contributed by atoms with Crippen LogP contribution in [0.2, 0.25) is 0 Å². The first kappa shape index (κ1) is 10.8. The fourth-order valence-corrected chi connectivity index (χ4v) is 2.18. The van der Waals surface area contributed by atoms with Gasteiger partial charge in [0.2, 0.25) is 5.91 Å². The molecule has 2 N–H and O–H groups in total. The maximum absolute atomic E-state index is 12.2. The smallest absolute Gasteiger partial charge is 0.233 e. The molecule has 2 aromatic rings. The van der Waals surface area contributed by atoms with Crippen LogP contribution < -0.4 is 10.6 Å². The van der Waals surface area contributed by atoms with Crippen LogP contribution in [-0.4, -0.2) is 17.4 Å². The van der Waals surface area contributed by atoms with Gasteiger partial charge in [-0.3, -0.25) is 9.78 Å². The van der Waals surface area contributed by atoms with Crippen LogP contribution in [0.3, 0.4) is 0 Å². The zero-order valence-corrected chi connectivity index (χ0v) is 9.76. The van der Waals surface area contributed by atoms with Crippen LogP contribution >= 0.6 is 0 Å². The number of rotatable bonds is 2. The van der Waals surface area contributed by atoms with Gasteiger partial charge in [-0.15, -0.1) is 0 Å². The second-order valence-electron chi connectivity index (χ2n) is 4.25. The molecular weight excluding hydrogens is 226 g/mol. The summed E-state index contributed by atoms with van der Waals surface area (Å²) in [5.41, 5.74) is 2.83. The van der Waals surface area contributed by atoms with Crippen LogP contribution in [0.25, 0.3) is 0 Å². The normalized spacial score (nSPS) is 16.8. The molecular formula is C14H13N3O. The molecule has 1 aromatic carbocycles. The van der Waals surface area contributed by atoms with Crippen LogP contribution in [-0.2, 0) is 4.79 Å². The van der Waals surface area contributed by atoms with Crippen LogP contribution in [0.5, 0.6) is 0 Å². The topological polar surface area (TPSA) is 54.0 Å². The summed E-state index contributed by atoms with van der Waals surface area (Å²) in [7, 11) is 0. The number of hydrogen-bond acceptors (Lipinski definition) is 3. The molecule has 1 aliphatic rings. The molecule has 0 aliphatic carbocycles. The Morgan fingerprint density at radius 2 is 2.17 bits per heavy atom. The lowest BCUT2D eigenvalue weighted by Gasteiger charge is -2.10. The number of carbonyl (C=O) groups is 1. The highest BCUT2D eigenvalue weighted by atomic mass is 16.1.